The average Bonchev–Trinajstić information content (AvgIpc) is 2.06. The summed E-state index contributed by atoms with van der Waals surface area (Å²) >= 11 is 0. The van der Waals surface area contributed by atoms with E-state index in [1.807, 2.05) is 12.1 Å². The van der Waals surface area contributed by atoms with E-state index < -0.39 is 0 Å². The van der Waals surface area contributed by atoms with Crippen LogP contribution in [0, 0.1) is 12.7 Å². The van der Waals surface area contributed by atoms with Crippen LogP contribution < -0.4 is 5.32 Å². The molecule has 0 amide bonds. The van der Waals surface area contributed by atoms with E-state index in [0.29, 0.717) is 5.56 Å². The standard InChI is InChI=1S/C13H20FN/c1-9-6-7-11(8-12(9)14)10(2)15-13(3,4)5/h6-8,10,15H,1-5H3. The summed E-state index contributed by atoms with van der Waals surface area (Å²) in [6.07, 6.45) is 0. The molecule has 84 valence electrons. The van der Waals surface area contributed by atoms with E-state index in [-0.39, 0.29) is 17.4 Å². The second-order valence-corrected chi connectivity index (χ2v) is 5.12. The molecule has 1 aromatic rings. The van der Waals surface area contributed by atoms with Crippen molar-refractivity contribution in [3.63, 3.8) is 0 Å². The number of aryl methyl sites for hydroxylation is 1. The number of benzene rings is 1. The van der Waals surface area contributed by atoms with Crippen molar-refractivity contribution in [3.8, 4) is 0 Å². The zero-order valence-corrected chi connectivity index (χ0v) is 10.2. The van der Waals surface area contributed by atoms with Gasteiger partial charge in [0.2, 0.25) is 0 Å². The summed E-state index contributed by atoms with van der Waals surface area (Å²) < 4.78 is 13.3. The monoisotopic (exact) mass is 209 g/mol. The van der Waals surface area contributed by atoms with Gasteiger partial charge in [0.15, 0.2) is 0 Å². The molecular formula is C13H20FN. The Morgan fingerprint density at radius 1 is 1.27 bits per heavy atom. The van der Waals surface area contributed by atoms with E-state index in [1.165, 1.54) is 0 Å². The smallest absolute Gasteiger partial charge is 0.126 e. The van der Waals surface area contributed by atoms with Crippen LogP contribution in [0.25, 0.3) is 0 Å². The molecule has 2 heteroatoms. The molecule has 0 saturated heterocycles. The molecule has 0 aliphatic rings. The summed E-state index contributed by atoms with van der Waals surface area (Å²) in [5.74, 6) is -0.130. The normalized spacial score (nSPS) is 14.0. The number of hydrogen-bond donors (Lipinski definition) is 1. The topological polar surface area (TPSA) is 12.0 Å². The molecule has 0 aliphatic heterocycles. The lowest BCUT2D eigenvalue weighted by atomic mass is 10.0. The quantitative estimate of drug-likeness (QED) is 0.785. The molecule has 0 heterocycles. The predicted molar refractivity (Wildman–Crippen MR) is 62.4 cm³/mol. The third-order valence-corrected chi connectivity index (χ3v) is 2.35. The van der Waals surface area contributed by atoms with Crippen molar-refractivity contribution >= 4 is 0 Å². The van der Waals surface area contributed by atoms with Gasteiger partial charge in [0, 0.05) is 11.6 Å². The number of hydrogen-bond acceptors (Lipinski definition) is 1. The minimum atomic E-state index is -0.130. The van der Waals surface area contributed by atoms with Crippen molar-refractivity contribution in [1.82, 2.24) is 5.32 Å². The van der Waals surface area contributed by atoms with Crippen molar-refractivity contribution in [2.75, 3.05) is 0 Å². The Morgan fingerprint density at radius 2 is 1.87 bits per heavy atom. The van der Waals surface area contributed by atoms with Crippen molar-refractivity contribution < 1.29 is 4.39 Å². The third-order valence-electron chi connectivity index (χ3n) is 2.35. The SMILES string of the molecule is Cc1ccc(C(C)NC(C)(C)C)cc1F. The zero-order chi connectivity index (χ0) is 11.6. The largest absolute Gasteiger partial charge is 0.306 e. The molecule has 0 aliphatic carbocycles. The highest BCUT2D eigenvalue weighted by Gasteiger charge is 2.15. The van der Waals surface area contributed by atoms with E-state index in [9.17, 15) is 4.39 Å². The minimum absolute atomic E-state index is 0.0424. The van der Waals surface area contributed by atoms with Gasteiger partial charge in [-0.2, -0.15) is 0 Å². The molecule has 1 unspecified atom stereocenters. The highest BCUT2D eigenvalue weighted by atomic mass is 19.1. The maximum Gasteiger partial charge on any atom is 0.126 e. The summed E-state index contributed by atoms with van der Waals surface area (Å²) in [7, 11) is 0. The third kappa shape index (κ3) is 3.63. The second-order valence-electron chi connectivity index (χ2n) is 5.12. The van der Waals surface area contributed by atoms with Gasteiger partial charge in [-0.15, -0.1) is 0 Å². The van der Waals surface area contributed by atoms with Gasteiger partial charge in [0.05, 0.1) is 0 Å². The molecular weight excluding hydrogens is 189 g/mol. The van der Waals surface area contributed by atoms with Gasteiger partial charge in [-0.05, 0) is 51.8 Å². The summed E-state index contributed by atoms with van der Waals surface area (Å²) in [4.78, 5) is 0. The Balaban J connectivity index is 2.83. The van der Waals surface area contributed by atoms with E-state index in [4.69, 9.17) is 0 Å². The number of rotatable bonds is 2. The lowest BCUT2D eigenvalue weighted by molar-refractivity contribution is 0.377. The highest BCUT2D eigenvalue weighted by molar-refractivity contribution is 5.25. The van der Waals surface area contributed by atoms with E-state index >= 15 is 0 Å². The average molecular weight is 209 g/mol. The maximum atomic E-state index is 13.3. The fourth-order valence-electron chi connectivity index (χ4n) is 1.61. The van der Waals surface area contributed by atoms with Crippen LogP contribution in [0.4, 0.5) is 4.39 Å². The van der Waals surface area contributed by atoms with E-state index in [0.717, 1.165) is 5.56 Å². The molecule has 0 radical (unpaired) electrons. The van der Waals surface area contributed by atoms with Crippen LogP contribution in [0.3, 0.4) is 0 Å². The van der Waals surface area contributed by atoms with Gasteiger partial charge in [0.25, 0.3) is 0 Å². The van der Waals surface area contributed by atoms with Crippen molar-refractivity contribution in [1.29, 1.82) is 0 Å². The van der Waals surface area contributed by atoms with Crippen LogP contribution in [0.5, 0.6) is 0 Å². The second kappa shape index (κ2) is 4.31. The molecule has 1 atom stereocenters. The molecule has 1 rings (SSSR count). The van der Waals surface area contributed by atoms with Crippen LogP contribution in [0.15, 0.2) is 18.2 Å². The Kier molecular flexibility index (Phi) is 3.50. The van der Waals surface area contributed by atoms with Crippen LogP contribution in [0.1, 0.15) is 44.9 Å². The Bertz CT molecular complexity index is 339. The van der Waals surface area contributed by atoms with Crippen LogP contribution >= 0.6 is 0 Å². The first-order chi connectivity index (χ1) is 6.79. The van der Waals surface area contributed by atoms with E-state index in [1.54, 1.807) is 13.0 Å². The molecule has 0 aromatic heterocycles. The molecule has 15 heavy (non-hydrogen) atoms. The Labute approximate surface area is 91.7 Å². The van der Waals surface area contributed by atoms with Crippen LogP contribution in [0.2, 0.25) is 0 Å². The molecule has 0 saturated carbocycles. The van der Waals surface area contributed by atoms with Crippen molar-refractivity contribution in [2.45, 2.75) is 46.2 Å². The summed E-state index contributed by atoms with van der Waals surface area (Å²) in [5, 5.41) is 3.42. The predicted octanol–water partition coefficient (Wildman–Crippen LogP) is 3.58. The van der Waals surface area contributed by atoms with Gasteiger partial charge >= 0.3 is 0 Å². The molecule has 0 fully saturated rings. The maximum absolute atomic E-state index is 13.3. The van der Waals surface area contributed by atoms with Gasteiger partial charge in [-0.1, -0.05) is 12.1 Å². The number of nitrogens with one attached hydrogen (secondary N) is 1. The summed E-state index contributed by atoms with van der Waals surface area (Å²) in [6, 6.07) is 5.58. The first-order valence-electron chi connectivity index (χ1n) is 5.33. The summed E-state index contributed by atoms with van der Waals surface area (Å²) in [6.45, 7) is 10.1. The Morgan fingerprint density at radius 3 is 2.33 bits per heavy atom. The molecule has 1 aromatic carbocycles. The van der Waals surface area contributed by atoms with Crippen molar-refractivity contribution in [2.24, 2.45) is 0 Å². The van der Waals surface area contributed by atoms with Crippen molar-refractivity contribution in [3.05, 3.63) is 35.1 Å². The van der Waals surface area contributed by atoms with Crippen LogP contribution in [-0.4, -0.2) is 5.54 Å². The van der Waals surface area contributed by atoms with Gasteiger partial charge < -0.3 is 5.32 Å². The minimum Gasteiger partial charge on any atom is -0.306 e. The molecule has 0 bridgehead atoms. The first kappa shape index (κ1) is 12.2. The molecule has 1 nitrogen and oxygen atoms in total. The molecule has 0 spiro atoms. The van der Waals surface area contributed by atoms with Gasteiger partial charge in [-0.3, -0.25) is 0 Å². The van der Waals surface area contributed by atoms with E-state index in [2.05, 4.69) is 33.0 Å². The Hall–Kier alpha value is -0.890. The lowest BCUT2D eigenvalue weighted by Crippen LogP contribution is -2.37. The fourth-order valence-corrected chi connectivity index (χ4v) is 1.61. The molecule has 1 N–H and O–H groups in total. The van der Waals surface area contributed by atoms with Gasteiger partial charge in [0.1, 0.15) is 5.82 Å². The fraction of sp³-hybridized carbons (Fsp3) is 0.538. The summed E-state index contributed by atoms with van der Waals surface area (Å²) in [5.41, 5.74) is 1.73. The number of halogens is 1. The highest BCUT2D eigenvalue weighted by Crippen LogP contribution is 2.18. The first-order valence-corrected chi connectivity index (χ1v) is 5.33. The zero-order valence-electron chi connectivity index (χ0n) is 10.2. The lowest BCUT2D eigenvalue weighted by Gasteiger charge is -2.26. The van der Waals surface area contributed by atoms with Gasteiger partial charge in [-0.25, -0.2) is 4.39 Å². The van der Waals surface area contributed by atoms with Crippen LogP contribution in [-0.2, 0) is 0 Å².